The van der Waals surface area contributed by atoms with Crippen LogP contribution in [0.4, 0.5) is 11.4 Å². The van der Waals surface area contributed by atoms with Crippen molar-refractivity contribution in [2.24, 2.45) is 11.7 Å². The van der Waals surface area contributed by atoms with Crippen molar-refractivity contribution < 1.29 is 4.79 Å². The Morgan fingerprint density at radius 2 is 2.24 bits per heavy atom. The lowest BCUT2D eigenvalue weighted by Crippen LogP contribution is -2.34. The van der Waals surface area contributed by atoms with Crippen molar-refractivity contribution in [3.8, 4) is 0 Å². The first kappa shape index (κ1) is 11.9. The molecule has 0 spiro atoms. The fraction of sp³-hybridized carbons (Fsp3) is 0.462. The van der Waals surface area contributed by atoms with Crippen LogP contribution in [0.1, 0.15) is 18.9 Å². The summed E-state index contributed by atoms with van der Waals surface area (Å²) >= 11 is 0. The van der Waals surface area contributed by atoms with Gasteiger partial charge in [-0.15, -0.1) is 0 Å². The zero-order valence-electron chi connectivity index (χ0n) is 10.1. The summed E-state index contributed by atoms with van der Waals surface area (Å²) in [5.41, 5.74) is 14.2. The first-order valence-electron chi connectivity index (χ1n) is 6.04. The maximum Gasteiger partial charge on any atom is 0.231 e. The van der Waals surface area contributed by atoms with Crippen molar-refractivity contribution in [1.82, 2.24) is 0 Å². The van der Waals surface area contributed by atoms with E-state index in [1.165, 1.54) is 0 Å². The quantitative estimate of drug-likeness (QED) is 0.766. The molecule has 17 heavy (non-hydrogen) atoms. The van der Waals surface area contributed by atoms with Crippen LogP contribution < -0.4 is 16.4 Å². The largest absolute Gasteiger partial charge is 0.399 e. The lowest BCUT2D eigenvalue weighted by molar-refractivity contribution is -0.117. The molecule has 0 aliphatic carbocycles. The van der Waals surface area contributed by atoms with E-state index in [0.29, 0.717) is 31.1 Å². The van der Waals surface area contributed by atoms with Gasteiger partial charge in [-0.1, -0.05) is 13.3 Å². The zero-order chi connectivity index (χ0) is 12.4. The number of carbonyl (C=O) groups is 1. The number of anilines is 2. The second-order valence-corrected chi connectivity index (χ2v) is 4.58. The maximum absolute atomic E-state index is 12.0. The van der Waals surface area contributed by atoms with Gasteiger partial charge in [-0.2, -0.15) is 0 Å². The summed E-state index contributed by atoms with van der Waals surface area (Å²) < 4.78 is 0. The highest BCUT2D eigenvalue weighted by atomic mass is 16.2. The van der Waals surface area contributed by atoms with Crippen molar-refractivity contribution in [3.63, 3.8) is 0 Å². The molecule has 1 aliphatic heterocycles. The van der Waals surface area contributed by atoms with E-state index in [9.17, 15) is 4.79 Å². The summed E-state index contributed by atoms with van der Waals surface area (Å²) in [5.74, 6) is 0.514. The van der Waals surface area contributed by atoms with Gasteiger partial charge in [0.2, 0.25) is 5.91 Å². The van der Waals surface area contributed by atoms with Gasteiger partial charge in [-0.05, 0) is 36.2 Å². The van der Waals surface area contributed by atoms with Crippen LogP contribution in [-0.4, -0.2) is 19.0 Å². The van der Waals surface area contributed by atoms with Crippen LogP contribution in [0.5, 0.6) is 0 Å². The van der Waals surface area contributed by atoms with Gasteiger partial charge in [0, 0.05) is 17.9 Å². The molecule has 92 valence electrons. The Hall–Kier alpha value is -1.55. The maximum atomic E-state index is 12.0. The highest BCUT2D eigenvalue weighted by Gasteiger charge is 2.28. The standard InChI is InChI=1S/C13H19N3O/c1-2-9(7-14)8-16-12-4-3-11(15)5-10(12)6-13(16)17/h3-5,9H,2,6-8,14-15H2,1H3. The minimum atomic E-state index is 0.150. The molecular formula is C13H19N3O. The van der Waals surface area contributed by atoms with E-state index in [2.05, 4.69) is 6.92 Å². The molecule has 0 saturated heterocycles. The number of hydrogen-bond donors (Lipinski definition) is 2. The molecule has 1 heterocycles. The van der Waals surface area contributed by atoms with E-state index < -0.39 is 0 Å². The fourth-order valence-corrected chi connectivity index (χ4v) is 2.23. The summed E-state index contributed by atoms with van der Waals surface area (Å²) in [4.78, 5) is 13.8. The summed E-state index contributed by atoms with van der Waals surface area (Å²) in [6, 6.07) is 5.66. The third-order valence-corrected chi connectivity index (χ3v) is 3.39. The van der Waals surface area contributed by atoms with Gasteiger partial charge in [0.05, 0.1) is 6.42 Å². The first-order chi connectivity index (χ1) is 8.15. The summed E-state index contributed by atoms with van der Waals surface area (Å²) in [5, 5.41) is 0. The summed E-state index contributed by atoms with van der Waals surface area (Å²) in [7, 11) is 0. The van der Waals surface area contributed by atoms with Crippen molar-refractivity contribution in [1.29, 1.82) is 0 Å². The monoisotopic (exact) mass is 233 g/mol. The van der Waals surface area contributed by atoms with Gasteiger partial charge < -0.3 is 16.4 Å². The Morgan fingerprint density at radius 1 is 1.47 bits per heavy atom. The lowest BCUT2D eigenvalue weighted by atomic mass is 10.1. The minimum Gasteiger partial charge on any atom is -0.399 e. The third-order valence-electron chi connectivity index (χ3n) is 3.39. The Balaban J connectivity index is 2.22. The van der Waals surface area contributed by atoms with E-state index in [4.69, 9.17) is 11.5 Å². The van der Waals surface area contributed by atoms with E-state index in [0.717, 1.165) is 17.7 Å². The summed E-state index contributed by atoms with van der Waals surface area (Å²) in [6.07, 6.45) is 1.45. The van der Waals surface area contributed by atoms with Gasteiger partial charge in [0.25, 0.3) is 0 Å². The smallest absolute Gasteiger partial charge is 0.231 e. The number of nitrogens with two attached hydrogens (primary N) is 2. The Bertz CT molecular complexity index is 427. The third kappa shape index (κ3) is 2.26. The molecule has 1 aromatic rings. The SMILES string of the molecule is CCC(CN)CN1C(=O)Cc2cc(N)ccc21. The number of hydrogen-bond acceptors (Lipinski definition) is 3. The number of nitrogen functional groups attached to an aromatic ring is 1. The number of fused-ring (bicyclic) bond motifs is 1. The van der Waals surface area contributed by atoms with Gasteiger partial charge in [-0.3, -0.25) is 4.79 Å². The number of benzene rings is 1. The van der Waals surface area contributed by atoms with E-state index in [1.807, 2.05) is 23.1 Å². The van der Waals surface area contributed by atoms with E-state index in [-0.39, 0.29) is 5.91 Å². The van der Waals surface area contributed by atoms with Crippen LogP contribution in [0.3, 0.4) is 0 Å². The lowest BCUT2D eigenvalue weighted by Gasteiger charge is -2.22. The fourth-order valence-electron chi connectivity index (χ4n) is 2.23. The molecule has 0 fully saturated rings. The second-order valence-electron chi connectivity index (χ2n) is 4.58. The molecule has 1 aliphatic rings. The molecule has 0 bridgehead atoms. The van der Waals surface area contributed by atoms with Crippen molar-refractivity contribution in [3.05, 3.63) is 23.8 Å². The molecular weight excluding hydrogens is 214 g/mol. The summed E-state index contributed by atoms with van der Waals surface area (Å²) in [6.45, 7) is 3.43. The molecule has 0 aromatic heterocycles. The molecule has 1 unspecified atom stereocenters. The van der Waals surface area contributed by atoms with Gasteiger partial charge in [-0.25, -0.2) is 0 Å². The van der Waals surface area contributed by atoms with Crippen molar-refractivity contribution >= 4 is 17.3 Å². The predicted octanol–water partition coefficient (Wildman–Crippen LogP) is 1.14. The number of nitrogens with zero attached hydrogens (tertiary/aromatic N) is 1. The van der Waals surface area contributed by atoms with Gasteiger partial charge in [0.15, 0.2) is 0 Å². The molecule has 1 aromatic carbocycles. The van der Waals surface area contributed by atoms with Crippen molar-refractivity contribution in [2.45, 2.75) is 19.8 Å². The van der Waals surface area contributed by atoms with E-state index >= 15 is 0 Å². The topological polar surface area (TPSA) is 72.3 Å². The van der Waals surface area contributed by atoms with Crippen molar-refractivity contribution in [2.75, 3.05) is 23.7 Å². The van der Waals surface area contributed by atoms with Crippen LogP contribution in [0, 0.1) is 5.92 Å². The Kier molecular flexibility index (Phi) is 3.33. The Labute approximate surface area is 102 Å². The molecule has 1 amide bonds. The van der Waals surface area contributed by atoms with Crippen LogP contribution in [0.2, 0.25) is 0 Å². The first-order valence-corrected chi connectivity index (χ1v) is 6.04. The molecule has 2 rings (SSSR count). The number of amides is 1. The molecule has 4 N–H and O–H groups in total. The highest BCUT2D eigenvalue weighted by Crippen LogP contribution is 2.31. The highest BCUT2D eigenvalue weighted by molar-refractivity contribution is 6.01. The molecule has 4 heteroatoms. The van der Waals surface area contributed by atoms with E-state index in [1.54, 1.807) is 0 Å². The molecule has 1 atom stereocenters. The molecule has 0 saturated carbocycles. The van der Waals surface area contributed by atoms with Crippen LogP contribution in [-0.2, 0) is 11.2 Å². The Morgan fingerprint density at radius 3 is 2.88 bits per heavy atom. The zero-order valence-corrected chi connectivity index (χ0v) is 10.1. The molecule has 4 nitrogen and oxygen atoms in total. The van der Waals surface area contributed by atoms with Crippen LogP contribution in [0.25, 0.3) is 0 Å². The normalized spacial score (nSPS) is 16.1. The van der Waals surface area contributed by atoms with Crippen LogP contribution in [0.15, 0.2) is 18.2 Å². The van der Waals surface area contributed by atoms with Gasteiger partial charge in [0.1, 0.15) is 0 Å². The second kappa shape index (κ2) is 4.75. The molecule has 0 radical (unpaired) electrons. The average Bonchev–Trinajstić information content (AvgIpc) is 2.61. The average molecular weight is 233 g/mol. The number of rotatable bonds is 4. The van der Waals surface area contributed by atoms with Crippen LogP contribution >= 0.6 is 0 Å². The minimum absolute atomic E-state index is 0.150. The number of carbonyl (C=O) groups excluding carboxylic acids is 1. The van der Waals surface area contributed by atoms with Gasteiger partial charge >= 0.3 is 0 Å². The predicted molar refractivity (Wildman–Crippen MR) is 69.7 cm³/mol.